The standard InChI is InChI=1S/C22H23N5O/c1-22(2,3)27-19-17(14-23-27)20(28)26-21(25-19)24-18(15-10-6-4-7-11-15)16-12-8-5-9-13-16/h4-14,18H,1-3H3,(H2,24,25,26,28). The third kappa shape index (κ3) is 3.41. The van der Waals surface area contributed by atoms with Crippen LogP contribution in [0.1, 0.15) is 37.9 Å². The number of nitrogens with one attached hydrogen (secondary N) is 2. The van der Waals surface area contributed by atoms with Crippen LogP contribution < -0.4 is 10.9 Å². The van der Waals surface area contributed by atoms with Crippen LogP contribution in [0.5, 0.6) is 0 Å². The molecule has 0 fully saturated rings. The van der Waals surface area contributed by atoms with Crippen molar-refractivity contribution < 1.29 is 0 Å². The molecular formula is C22H23N5O. The summed E-state index contributed by atoms with van der Waals surface area (Å²) >= 11 is 0. The second-order valence-corrected chi connectivity index (χ2v) is 7.78. The fourth-order valence-electron chi connectivity index (χ4n) is 3.26. The van der Waals surface area contributed by atoms with Crippen molar-refractivity contribution in [2.45, 2.75) is 32.4 Å². The zero-order valence-corrected chi connectivity index (χ0v) is 16.2. The number of nitrogens with zero attached hydrogens (tertiary/aromatic N) is 3. The molecule has 0 bridgehead atoms. The van der Waals surface area contributed by atoms with E-state index in [2.05, 4.69) is 44.6 Å². The Morgan fingerprint density at radius 3 is 2.07 bits per heavy atom. The molecule has 142 valence electrons. The average Bonchev–Trinajstić information content (AvgIpc) is 3.12. The van der Waals surface area contributed by atoms with E-state index in [1.807, 2.05) is 57.2 Å². The Morgan fingerprint density at radius 2 is 1.54 bits per heavy atom. The van der Waals surface area contributed by atoms with Gasteiger partial charge in [0.05, 0.1) is 17.8 Å². The number of aromatic nitrogens is 4. The molecule has 0 radical (unpaired) electrons. The van der Waals surface area contributed by atoms with Gasteiger partial charge in [0.2, 0.25) is 5.95 Å². The fraction of sp³-hybridized carbons (Fsp3) is 0.227. The summed E-state index contributed by atoms with van der Waals surface area (Å²) in [5.74, 6) is 0.418. The summed E-state index contributed by atoms with van der Waals surface area (Å²) in [7, 11) is 0. The zero-order valence-electron chi connectivity index (χ0n) is 16.2. The van der Waals surface area contributed by atoms with E-state index in [9.17, 15) is 4.79 Å². The molecule has 0 aliphatic heterocycles. The monoisotopic (exact) mass is 373 g/mol. The molecule has 0 unspecified atom stereocenters. The first-order valence-corrected chi connectivity index (χ1v) is 9.28. The van der Waals surface area contributed by atoms with Gasteiger partial charge in [-0.3, -0.25) is 9.78 Å². The zero-order chi connectivity index (χ0) is 19.7. The molecule has 0 saturated carbocycles. The van der Waals surface area contributed by atoms with E-state index in [1.165, 1.54) is 0 Å². The Balaban J connectivity index is 1.81. The first kappa shape index (κ1) is 18.0. The second-order valence-electron chi connectivity index (χ2n) is 7.78. The Labute approximate surface area is 163 Å². The number of fused-ring (bicyclic) bond motifs is 1. The largest absolute Gasteiger partial charge is 0.345 e. The minimum atomic E-state index is -0.280. The maximum absolute atomic E-state index is 12.6. The van der Waals surface area contributed by atoms with Crippen LogP contribution in [0, 0.1) is 0 Å². The second kappa shape index (κ2) is 6.96. The third-order valence-electron chi connectivity index (χ3n) is 4.62. The van der Waals surface area contributed by atoms with Gasteiger partial charge >= 0.3 is 0 Å². The summed E-state index contributed by atoms with van der Waals surface area (Å²) in [6.45, 7) is 6.10. The number of anilines is 1. The van der Waals surface area contributed by atoms with Crippen LogP contribution in [0.25, 0.3) is 11.0 Å². The van der Waals surface area contributed by atoms with Gasteiger partial charge in [-0.15, -0.1) is 0 Å². The Morgan fingerprint density at radius 1 is 0.964 bits per heavy atom. The van der Waals surface area contributed by atoms with Crippen molar-refractivity contribution in [3.63, 3.8) is 0 Å². The minimum absolute atomic E-state index is 0.144. The highest BCUT2D eigenvalue weighted by Crippen LogP contribution is 2.26. The molecule has 0 atom stereocenters. The van der Waals surface area contributed by atoms with Crippen LogP contribution in [0.3, 0.4) is 0 Å². The van der Waals surface area contributed by atoms with Crippen molar-refractivity contribution in [2.75, 3.05) is 5.32 Å². The van der Waals surface area contributed by atoms with Crippen LogP contribution in [-0.2, 0) is 5.54 Å². The van der Waals surface area contributed by atoms with E-state index >= 15 is 0 Å². The van der Waals surface area contributed by atoms with Crippen molar-refractivity contribution in [1.29, 1.82) is 0 Å². The lowest BCUT2D eigenvalue weighted by molar-refractivity contribution is 0.366. The molecular weight excluding hydrogens is 350 g/mol. The molecule has 6 nitrogen and oxygen atoms in total. The maximum Gasteiger partial charge on any atom is 0.263 e. The molecule has 2 heterocycles. The van der Waals surface area contributed by atoms with Crippen LogP contribution in [-0.4, -0.2) is 19.7 Å². The van der Waals surface area contributed by atoms with Gasteiger partial charge in [0.1, 0.15) is 5.39 Å². The van der Waals surface area contributed by atoms with Crippen LogP contribution in [0.15, 0.2) is 71.7 Å². The van der Waals surface area contributed by atoms with E-state index in [1.54, 1.807) is 10.9 Å². The summed E-state index contributed by atoms with van der Waals surface area (Å²) < 4.78 is 1.78. The van der Waals surface area contributed by atoms with Gasteiger partial charge in [-0.1, -0.05) is 60.7 Å². The molecule has 0 amide bonds. The fourth-order valence-corrected chi connectivity index (χ4v) is 3.26. The molecule has 0 saturated heterocycles. The number of aromatic amines is 1. The maximum atomic E-state index is 12.6. The Kier molecular flexibility index (Phi) is 4.47. The topological polar surface area (TPSA) is 75.6 Å². The smallest absolute Gasteiger partial charge is 0.263 e. The van der Waals surface area contributed by atoms with Gasteiger partial charge < -0.3 is 5.32 Å². The number of rotatable bonds is 4. The summed E-state index contributed by atoms with van der Waals surface area (Å²) in [5.41, 5.74) is 2.25. The Bertz CT molecular complexity index is 1100. The molecule has 4 rings (SSSR count). The van der Waals surface area contributed by atoms with E-state index in [0.29, 0.717) is 17.0 Å². The normalized spacial score (nSPS) is 11.9. The van der Waals surface area contributed by atoms with Crippen molar-refractivity contribution in [3.05, 3.63) is 88.3 Å². The molecule has 2 N–H and O–H groups in total. The van der Waals surface area contributed by atoms with Crippen LogP contribution >= 0.6 is 0 Å². The quantitative estimate of drug-likeness (QED) is 0.565. The predicted octanol–water partition coefficient (Wildman–Crippen LogP) is 4.08. The van der Waals surface area contributed by atoms with E-state index in [4.69, 9.17) is 0 Å². The lowest BCUT2D eigenvalue weighted by atomic mass is 9.99. The number of benzene rings is 2. The molecule has 6 heteroatoms. The van der Waals surface area contributed by atoms with E-state index in [0.717, 1.165) is 11.1 Å². The number of hydrogen-bond donors (Lipinski definition) is 2. The third-order valence-corrected chi connectivity index (χ3v) is 4.62. The van der Waals surface area contributed by atoms with Gasteiger partial charge in [0, 0.05) is 0 Å². The van der Waals surface area contributed by atoms with Gasteiger partial charge in [-0.25, -0.2) is 4.68 Å². The van der Waals surface area contributed by atoms with Gasteiger partial charge in [-0.05, 0) is 31.9 Å². The van der Waals surface area contributed by atoms with Crippen LogP contribution in [0.4, 0.5) is 5.95 Å². The Hall–Kier alpha value is -3.41. The molecule has 0 aliphatic carbocycles. The summed E-state index contributed by atoms with van der Waals surface area (Å²) in [5, 5.41) is 8.26. The van der Waals surface area contributed by atoms with Gasteiger partial charge in [0.15, 0.2) is 5.65 Å². The highest BCUT2D eigenvalue weighted by Gasteiger charge is 2.21. The van der Waals surface area contributed by atoms with Gasteiger partial charge in [0.25, 0.3) is 5.56 Å². The summed E-state index contributed by atoms with van der Waals surface area (Å²) in [4.78, 5) is 20.1. The lowest BCUT2D eigenvalue weighted by Gasteiger charge is -2.22. The lowest BCUT2D eigenvalue weighted by Crippen LogP contribution is -2.24. The molecule has 2 aromatic carbocycles. The molecule has 0 aliphatic rings. The van der Waals surface area contributed by atoms with Crippen molar-refractivity contribution in [2.24, 2.45) is 0 Å². The molecule has 4 aromatic rings. The number of H-pyrrole nitrogens is 1. The highest BCUT2D eigenvalue weighted by molar-refractivity contribution is 5.74. The summed E-state index contributed by atoms with van der Waals surface area (Å²) in [6.07, 6.45) is 1.57. The minimum Gasteiger partial charge on any atom is -0.345 e. The number of hydrogen-bond acceptors (Lipinski definition) is 4. The van der Waals surface area contributed by atoms with E-state index in [-0.39, 0.29) is 17.1 Å². The SMILES string of the molecule is CC(C)(C)n1ncc2c(=O)[nH]c(NC(c3ccccc3)c3ccccc3)nc21. The molecule has 0 spiro atoms. The van der Waals surface area contributed by atoms with Crippen LogP contribution in [0.2, 0.25) is 0 Å². The predicted molar refractivity (Wildman–Crippen MR) is 111 cm³/mol. The van der Waals surface area contributed by atoms with Crippen molar-refractivity contribution in [3.8, 4) is 0 Å². The highest BCUT2D eigenvalue weighted by atomic mass is 16.1. The van der Waals surface area contributed by atoms with Crippen molar-refractivity contribution >= 4 is 17.0 Å². The molecule has 2 aromatic heterocycles. The average molecular weight is 373 g/mol. The van der Waals surface area contributed by atoms with Crippen molar-refractivity contribution in [1.82, 2.24) is 19.7 Å². The van der Waals surface area contributed by atoms with Gasteiger partial charge in [-0.2, -0.15) is 10.1 Å². The molecule has 28 heavy (non-hydrogen) atoms. The first-order chi connectivity index (χ1) is 13.4. The summed E-state index contributed by atoms with van der Waals surface area (Å²) in [6, 6.07) is 20.1. The van der Waals surface area contributed by atoms with E-state index < -0.39 is 0 Å². The first-order valence-electron chi connectivity index (χ1n) is 9.28.